The summed E-state index contributed by atoms with van der Waals surface area (Å²) < 4.78 is 11.6. The van der Waals surface area contributed by atoms with Gasteiger partial charge in [0.15, 0.2) is 0 Å². The number of benzene rings is 2. The molecule has 2 aromatic carbocycles. The van der Waals surface area contributed by atoms with Crippen molar-refractivity contribution in [2.75, 3.05) is 6.61 Å². The van der Waals surface area contributed by atoms with Crippen molar-refractivity contribution in [3.05, 3.63) is 70.6 Å². The molecule has 1 atom stereocenters. The first-order chi connectivity index (χ1) is 13.5. The SMILES string of the molecule is Cc1cc(C)c2c(c1)C(NC(=O)Cc1nc(-c3ccccc3)oc1C)CCO2. The van der Waals surface area contributed by atoms with E-state index in [0.29, 0.717) is 24.0 Å². The Bertz CT molecular complexity index is 1010. The molecule has 2 heterocycles. The molecule has 0 saturated carbocycles. The maximum atomic E-state index is 12.7. The zero-order valence-electron chi connectivity index (χ0n) is 16.4. The highest BCUT2D eigenvalue weighted by molar-refractivity contribution is 5.79. The number of carbonyl (C=O) groups excluding carboxylic acids is 1. The van der Waals surface area contributed by atoms with Crippen molar-refractivity contribution in [3.8, 4) is 17.2 Å². The Balaban J connectivity index is 1.50. The van der Waals surface area contributed by atoms with E-state index in [0.717, 1.165) is 28.9 Å². The van der Waals surface area contributed by atoms with Crippen LogP contribution < -0.4 is 10.1 Å². The second-order valence-electron chi connectivity index (χ2n) is 7.32. The van der Waals surface area contributed by atoms with Gasteiger partial charge in [-0.15, -0.1) is 0 Å². The van der Waals surface area contributed by atoms with Crippen molar-refractivity contribution in [1.82, 2.24) is 10.3 Å². The summed E-state index contributed by atoms with van der Waals surface area (Å²) in [6.45, 7) is 6.55. The molecule has 5 heteroatoms. The highest BCUT2D eigenvalue weighted by Gasteiger charge is 2.25. The van der Waals surface area contributed by atoms with Gasteiger partial charge in [0, 0.05) is 17.5 Å². The summed E-state index contributed by atoms with van der Waals surface area (Å²) in [5, 5.41) is 3.15. The summed E-state index contributed by atoms with van der Waals surface area (Å²) in [7, 11) is 0. The van der Waals surface area contributed by atoms with Gasteiger partial charge in [-0.1, -0.05) is 35.9 Å². The van der Waals surface area contributed by atoms with Crippen LogP contribution in [-0.4, -0.2) is 17.5 Å². The van der Waals surface area contributed by atoms with Crippen LogP contribution in [-0.2, 0) is 11.2 Å². The summed E-state index contributed by atoms with van der Waals surface area (Å²) in [5.41, 5.74) is 4.90. The van der Waals surface area contributed by atoms with Crippen LogP contribution in [0.15, 0.2) is 46.9 Å². The predicted octanol–water partition coefficient (Wildman–Crippen LogP) is 4.45. The van der Waals surface area contributed by atoms with Gasteiger partial charge >= 0.3 is 0 Å². The molecule has 0 saturated heterocycles. The minimum absolute atomic E-state index is 0.0457. The molecule has 3 aromatic rings. The number of nitrogens with zero attached hydrogens (tertiary/aromatic N) is 1. The molecule has 0 bridgehead atoms. The van der Waals surface area contributed by atoms with Gasteiger partial charge in [-0.3, -0.25) is 4.79 Å². The van der Waals surface area contributed by atoms with E-state index < -0.39 is 0 Å². The number of aromatic nitrogens is 1. The van der Waals surface area contributed by atoms with Gasteiger partial charge < -0.3 is 14.5 Å². The van der Waals surface area contributed by atoms with Gasteiger partial charge in [0.2, 0.25) is 11.8 Å². The molecule has 1 aliphatic rings. The van der Waals surface area contributed by atoms with Crippen molar-refractivity contribution in [2.24, 2.45) is 0 Å². The zero-order valence-corrected chi connectivity index (χ0v) is 16.4. The Kier molecular flexibility index (Phi) is 4.90. The normalized spacial score (nSPS) is 15.6. The van der Waals surface area contributed by atoms with Crippen LogP contribution in [0.3, 0.4) is 0 Å². The van der Waals surface area contributed by atoms with Crippen molar-refractivity contribution in [3.63, 3.8) is 0 Å². The number of hydrogen-bond donors (Lipinski definition) is 1. The number of hydrogen-bond acceptors (Lipinski definition) is 4. The summed E-state index contributed by atoms with van der Waals surface area (Å²) in [6, 6.07) is 13.9. The first kappa shape index (κ1) is 18.3. The molecule has 1 N–H and O–H groups in total. The number of rotatable bonds is 4. The zero-order chi connectivity index (χ0) is 19.7. The van der Waals surface area contributed by atoms with Crippen molar-refractivity contribution >= 4 is 5.91 Å². The monoisotopic (exact) mass is 376 g/mol. The van der Waals surface area contributed by atoms with Crippen LogP contribution in [0, 0.1) is 20.8 Å². The fourth-order valence-corrected chi connectivity index (χ4v) is 3.72. The van der Waals surface area contributed by atoms with Crippen LogP contribution in [0.25, 0.3) is 11.5 Å². The molecule has 0 spiro atoms. The summed E-state index contributed by atoms with van der Waals surface area (Å²) in [5.74, 6) is 2.05. The maximum absolute atomic E-state index is 12.7. The largest absolute Gasteiger partial charge is 0.493 e. The third-order valence-corrected chi connectivity index (χ3v) is 5.05. The second-order valence-corrected chi connectivity index (χ2v) is 7.32. The molecule has 144 valence electrons. The quantitative estimate of drug-likeness (QED) is 0.731. The molecule has 0 radical (unpaired) electrons. The van der Waals surface area contributed by atoms with E-state index in [4.69, 9.17) is 9.15 Å². The lowest BCUT2D eigenvalue weighted by Crippen LogP contribution is -2.33. The standard InChI is InChI=1S/C23H24N2O3/c1-14-11-15(2)22-18(12-14)19(9-10-27-22)24-21(26)13-20-16(3)28-23(25-20)17-7-5-4-6-8-17/h4-8,11-12,19H,9-10,13H2,1-3H3,(H,24,26). The number of oxazole rings is 1. The molecular weight excluding hydrogens is 352 g/mol. The van der Waals surface area contributed by atoms with E-state index in [9.17, 15) is 4.79 Å². The van der Waals surface area contributed by atoms with E-state index in [2.05, 4.69) is 29.4 Å². The van der Waals surface area contributed by atoms with E-state index in [1.54, 1.807) is 0 Å². The Morgan fingerprint density at radius 1 is 1.18 bits per heavy atom. The third-order valence-electron chi connectivity index (χ3n) is 5.05. The van der Waals surface area contributed by atoms with Crippen LogP contribution in [0.2, 0.25) is 0 Å². The van der Waals surface area contributed by atoms with Crippen LogP contribution in [0.5, 0.6) is 5.75 Å². The Morgan fingerprint density at radius 3 is 2.75 bits per heavy atom. The third kappa shape index (κ3) is 3.65. The van der Waals surface area contributed by atoms with Crippen LogP contribution in [0.4, 0.5) is 0 Å². The highest BCUT2D eigenvalue weighted by Crippen LogP contribution is 2.35. The number of carbonyl (C=O) groups is 1. The van der Waals surface area contributed by atoms with Crippen LogP contribution >= 0.6 is 0 Å². The molecule has 0 fully saturated rings. The number of ether oxygens (including phenoxy) is 1. The average molecular weight is 376 g/mol. The van der Waals surface area contributed by atoms with E-state index >= 15 is 0 Å². The number of amides is 1. The van der Waals surface area contributed by atoms with Gasteiger partial charge in [0.05, 0.1) is 24.8 Å². The lowest BCUT2D eigenvalue weighted by Gasteiger charge is -2.28. The van der Waals surface area contributed by atoms with Gasteiger partial charge in [-0.2, -0.15) is 0 Å². The topological polar surface area (TPSA) is 64.4 Å². The second kappa shape index (κ2) is 7.50. The van der Waals surface area contributed by atoms with E-state index in [1.807, 2.05) is 44.2 Å². The number of aryl methyl sites for hydroxylation is 3. The summed E-state index contributed by atoms with van der Waals surface area (Å²) >= 11 is 0. The fraction of sp³-hybridized carbons (Fsp3) is 0.304. The molecule has 28 heavy (non-hydrogen) atoms. The maximum Gasteiger partial charge on any atom is 0.226 e. The summed E-state index contributed by atoms with van der Waals surface area (Å²) in [6.07, 6.45) is 0.953. The first-order valence-electron chi connectivity index (χ1n) is 9.56. The Labute approximate surface area is 164 Å². The van der Waals surface area contributed by atoms with Gasteiger partial charge in [0.1, 0.15) is 11.5 Å². The van der Waals surface area contributed by atoms with Crippen molar-refractivity contribution in [1.29, 1.82) is 0 Å². The lowest BCUT2D eigenvalue weighted by atomic mass is 9.95. The van der Waals surface area contributed by atoms with Crippen LogP contribution in [0.1, 0.15) is 40.6 Å². The molecule has 1 aliphatic heterocycles. The van der Waals surface area contributed by atoms with E-state index in [-0.39, 0.29) is 18.4 Å². The lowest BCUT2D eigenvalue weighted by molar-refractivity contribution is -0.121. The van der Waals surface area contributed by atoms with E-state index in [1.165, 1.54) is 5.56 Å². The molecule has 4 rings (SSSR count). The van der Waals surface area contributed by atoms with Crippen molar-refractivity contribution < 1.29 is 13.9 Å². The molecule has 1 unspecified atom stereocenters. The minimum atomic E-state index is -0.0620. The van der Waals surface area contributed by atoms with Gasteiger partial charge in [-0.05, 0) is 38.5 Å². The first-order valence-corrected chi connectivity index (χ1v) is 9.56. The predicted molar refractivity (Wildman–Crippen MR) is 107 cm³/mol. The van der Waals surface area contributed by atoms with Gasteiger partial charge in [-0.25, -0.2) is 4.98 Å². The Hall–Kier alpha value is -3.08. The smallest absolute Gasteiger partial charge is 0.226 e. The average Bonchev–Trinajstić information content (AvgIpc) is 3.03. The highest BCUT2D eigenvalue weighted by atomic mass is 16.5. The molecular formula is C23H24N2O3. The van der Waals surface area contributed by atoms with Gasteiger partial charge in [0.25, 0.3) is 0 Å². The molecule has 1 amide bonds. The minimum Gasteiger partial charge on any atom is -0.493 e. The van der Waals surface area contributed by atoms with Crippen molar-refractivity contribution in [2.45, 2.75) is 39.7 Å². The number of nitrogens with one attached hydrogen (secondary N) is 1. The molecule has 0 aliphatic carbocycles. The fourth-order valence-electron chi connectivity index (χ4n) is 3.72. The number of fused-ring (bicyclic) bond motifs is 1. The molecule has 5 nitrogen and oxygen atoms in total. The molecule has 1 aromatic heterocycles. The summed E-state index contributed by atoms with van der Waals surface area (Å²) in [4.78, 5) is 17.3. The Morgan fingerprint density at radius 2 is 1.96 bits per heavy atom.